The van der Waals surface area contributed by atoms with E-state index in [0.717, 1.165) is 6.26 Å². The van der Waals surface area contributed by atoms with Crippen molar-refractivity contribution in [2.24, 2.45) is 0 Å². The quantitative estimate of drug-likeness (QED) is 0.736. The molecule has 1 amide bonds. The van der Waals surface area contributed by atoms with Gasteiger partial charge in [-0.05, 0) is 30.3 Å². The summed E-state index contributed by atoms with van der Waals surface area (Å²) in [6, 6.07) is 11.0. The Bertz CT molecular complexity index is 1060. The fourth-order valence-corrected chi connectivity index (χ4v) is 4.09. The fraction of sp³-hybridized carbons (Fsp3) is 0.263. The third-order valence-corrected chi connectivity index (χ3v) is 5.84. The first kappa shape index (κ1) is 20.9. The van der Waals surface area contributed by atoms with Gasteiger partial charge in [0.15, 0.2) is 6.10 Å². The number of amides is 1. The minimum atomic E-state index is -3.54. The summed E-state index contributed by atoms with van der Waals surface area (Å²) in [5.74, 6) is -0.815. The Labute approximate surface area is 173 Å². The Balaban J connectivity index is 1.84. The molecule has 0 bridgehead atoms. The maximum atomic E-state index is 12.8. The standard InChI is InChI=1S/C19H19ClN2O6S/c1-27-19(24)13-11-12(7-8-14(13)20)21-18(23)17-9-10-22(29(2,25)26)15-5-3-4-6-16(15)28-17/h3-8,11,17H,9-10H2,1-2H3,(H,21,23)/t17-/m1/s1. The van der Waals surface area contributed by atoms with E-state index in [1.165, 1.54) is 23.5 Å². The van der Waals surface area contributed by atoms with Gasteiger partial charge in [-0.25, -0.2) is 13.2 Å². The van der Waals surface area contributed by atoms with Crippen LogP contribution in [0.4, 0.5) is 11.4 Å². The van der Waals surface area contributed by atoms with Gasteiger partial charge in [0.05, 0.1) is 29.6 Å². The van der Waals surface area contributed by atoms with Crippen LogP contribution in [0.25, 0.3) is 0 Å². The summed E-state index contributed by atoms with van der Waals surface area (Å²) in [7, 11) is -2.31. The van der Waals surface area contributed by atoms with Crippen molar-refractivity contribution in [3.05, 3.63) is 53.1 Å². The average molecular weight is 439 g/mol. The molecule has 0 saturated carbocycles. The molecule has 0 aromatic heterocycles. The van der Waals surface area contributed by atoms with Crippen LogP contribution in [0, 0.1) is 0 Å². The van der Waals surface area contributed by atoms with Crippen LogP contribution in [-0.4, -0.2) is 46.3 Å². The molecule has 154 valence electrons. The number of sulfonamides is 1. The summed E-state index contributed by atoms with van der Waals surface area (Å²) in [5, 5.41) is 2.86. The van der Waals surface area contributed by atoms with Crippen molar-refractivity contribution in [3.63, 3.8) is 0 Å². The number of nitrogens with zero attached hydrogens (tertiary/aromatic N) is 1. The maximum Gasteiger partial charge on any atom is 0.339 e. The number of ether oxygens (including phenoxy) is 2. The summed E-state index contributed by atoms with van der Waals surface area (Å²) >= 11 is 5.99. The molecule has 29 heavy (non-hydrogen) atoms. The van der Waals surface area contributed by atoms with Crippen LogP contribution in [0.3, 0.4) is 0 Å². The molecule has 1 N–H and O–H groups in total. The van der Waals surface area contributed by atoms with Gasteiger partial charge in [-0.3, -0.25) is 9.10 Å². The number of fused-ring (bicyclic) bond motifs is 1. The highest BCUT2D eigenvalue weighted by Crippen LogP contribution is 2.34. The van der Waals surface area contributed by atoms with Gasteiger partial charge >= 0.3 is 5.97 Å². The maximum absolute atomic E-state index is 12.8. The van der Waals surface area contributed by atoms with Crippen LogP contribution in [0.1, 0.15) is 16.8 Å². The zero-order valence-electron chi connectivity index (χ0n) is 15.7. The summed E-state index contributed by atoms with van der Waals surface area (Å²) in [5.41, 5.74) is 0.827. The van der Waals surface area contributed by atoms with E-state index in [9.17, 15) is 18.0 Å². The molecule has 0 unspecified atom stereocenters. The molecular weight excluding hydrogens is 420 g/mol. The van der Waals surface area contributed by atoms with Gasteiger partial charge in [-0.1, -0.05) is 23.7 Å². The van der Waals surface area contributed by atoms with E-state index in [1.807, 2.05) is 0 Å². The van der Waals surface area contributed by atoms with E-state index >= 15 is 0 Å². The lowest BCUT2D eigenvalue weighted by Crippen LogP contribution is -2.36. The van der Waals surface area contributed by atoms with E-state index < -0.39 is 28.0 Å². The summed E-state index contributed by atoms with van der Waals surface area (Å²) in [6.45, 7) is 0.0853. The lowest BCUT2D eigenvalue weighted by atomic mass is 10.2. The van der Waals surface area contributed by atoms with Gasteiger partial charge in [-0.2, -0.15) is 0 Å². The Morgan fingerprint density at radius 3 is 2.66 bits per heavy atom. The number of benzene rings is 2. The van der Waals surface area contributed by atoms with E-state index in [1.54, 1.807) is 30.3 Å². The molecule has 0 aliphatic carbocycles. The van der Waals surface area contributed by atoms with E-state index in [2.05, 4.69) is 10.1 Å². The molecule has 3 rings (SSSR count). The number of para-hydroxylation sites is 2. The highest BCUT2D eigenvalue weighted by atomic mass is 35.5. The van der Waals surface area contributed by atoms with Gasteiger partial charge < -0.3 is 14.8 Å². The molecule has 1 aliphatic rings. The van der Waals surface area contributed by atoms with Crippen LogP contribution in [-0.2, 0) is 19.6 Å². The van der Waals surface area contributed by atoms with Crippen LogP contribution in [0.15, 0.2) is 42.5 Å². The van der Waals surface area contributed by atoms with Crippen molar-refractivity contribution in [3.8, 4) is 5.75 Å². The monoisotopic (exact) mass is 438 g/mol. The van der Waals surface area contributed by atoms with Crippen molar-refractivity contribution >= 4 is 44.9 Å². The molecule has 1 heterocycles. The molecule has 0 spiro atoms. The van der Waals surface area contributed by atoms with Crippen LogP contribution < -0.4 is 14.4 Å². The lowest BCUT2D eigenvalue weighted by Gasteiger charge is -2.20. The zero-order chi connectivity index (χ0) is 21.2. The first-order valence-electron chi connectivity index (χ1n) is 8.63. The van der Waals surface area contributed by atoms with Crippen molar-refractivity contribution in [2.75, 3.05) is 29.5 Å². The lowest BCUT2D eigenvalue weighted by molar-refractivity contribution is -0.122. The summed E-state index contributed by atoms with van der Waals surface area (Å²) < 4.78 is 36.0. The normalized spacial score (nSPS) is 16.2. The molecule has 1 atom stereocenters. The minimum Gasteiger partial charge on any atom is -0.478 e. The topological polar surface area (TPSA) is 102 Å². The van der Waals surface area contributed by atoms with Gasteiger partial charge in [0.25, 0.3) is 5.91 Å². The second-order valence-electron chi connectivity index (χ2n) is 6.37. The van der Waals surface area contributed by atoms with E-state index in [-0.39, 0.29) is 23.6 Å². The predicted octanol–water partition coefficient (Wildman–Crippen LogP) is 2.68. The zero-order valence-corrected chi connectivity index (χ0v) is 17.3. The molecule has 10 heteroatoms. The molecule has 2 aromatic rings. The van der Waals surface area contributed by atoms with Crippen LogP contribution in [0.5, 0.6) is 5.75 Å². The van der Waals surface area contributed by atoms with Crippen molar-refractivity contribution < 1.29 is 27.5 Å². The number of hydrogen-bond acceptors (Lipinski definition) is 6. The SMILES string of the molecule is COC(=O)c1cc(NC(=O)[C@H]2CCN(S(C)(=O)=O)c3ccccc3O2)ccc1Cl. The average Bonchev–Trinajstić information content (AvgIpc) is 2.88. The van der Waals surface area contributed by atoms with Crippen molar-refractivity contribution in [1.82, 2.24) is 0 Å². The van der Waals surface area contributed by atoms with Crippen molar-refractivity contribution in [1.29, 1.82) is 0 Å². The number of anilines is 2. The van der Waals surface area contributed by atoms with Gasteiger partial charge in [0.1, 0.15) is 5.75 Å². The molecule has 0 fully saturated rings. The number of methoxy groups -OCH3 is 1. The Hall–Kier alpha value is -2.78. The van der Waals surface area contributed by atoms with Crippen LogP contribution in [0.2, 0.25) is 5.02 Å². The molecule has 8 nitrogen and oxygen atoms in total. The number of halogens is 1. The highest BCUT2D eigenvalue weighted by molar-refractivity contribution is 7.92. The first-order valence-corrected chi connectivity index (χ1v) is 10.9. The van der Waals surface area contributed by atoms with Gasteiger partial charge in [-0.15, -0.1) is 0 Å². The summed E-state index contributed by atoms with van der Waals surface area (Å²) in [4.78, 5) is 24.5. The number of hydrogen-bond donors (Lipinski definition) is 1. The molecule has 2 aromatic carbocycles. The third kappa shape index (κ3) is 4.63. The van der Waals surface area contributed by atoms with E-state index in [0.29, 0.717) is 17.1 Å². The first-order chi connectivity index (χ1) is 13.7. The smallest absolute Gasteiger partial charge is 0.339 e. The Morgan fingerprint density at radius 2 is 1.97 bits per heavy atom. The number of esters is 1. The fourth-order valence-electron chi connectivity index (χ4n) is 2.95. The second-order valence-corrected chi connectivity index (χ2v) is 8.69. The molecule has 1 aliphatic heterocycles. The van der Waals surface area contributed by atoms with Gasteiger partial charge in [0.2, 0.25) is 10.0 Å². The van der Waals surface area contributed by atoms with Crippen LogP contribution >= 0.6 is 11.6 Å². The number of carbonyl (C=O) groups excluding carboxylic acids is 2. The number of rotatable bonds is 4. The van der Waals surface area contributed by atoms with Crippen molar-refractivity contribution in [2.45, 2.75) is 12.5 Å². The predicted molar refractivity (Wildman–Crippen MR) is 109 cm³/mol. The molecule has 0 saturated heterocycles. The molecule has 0 radical (unpaired) electrons. The third-order valence-electron chi connectivity index (χ3n) is 4.33. The number of carbonyl (C=O) groups is 2. The Kier molecular flexibility index (Phi) is 5.99. The van der Waals surface area contributed by atoms with Gasteiger partial charge in [0, 0.05) is 18.7 Å². The number of nitrogens with one attached hydrogen (secondary N) is 1. The summed E-state index contributed by atoms with van der Waals surface area (Å²) in [6.07, 6.45) is 0.317. The second kappa shape index (κ2) is 8.30. The minimum absolute atomic E-state index is 0.0853. The highest BCUT2D eigenvalue weighted by Gasteiger charge is 2.31. The Morgan fingerprint density at radius 1 is 1.24 bits per heavy atom. The molecular formula is C19H19ClN2O6S. The largest absolute Gasteiger partial charge is 0.478 e. The van der Waals surface area contributed by atoms with E-state index in [4.69, 9.17) is 16.3 Å².